The van der Waals surface area contributed by atoms with Crippen LogP contribution >= 0.6 is 22.9 Å². The van der Waals surface area contributed by atoms with Crippen molar-refractivity contribution >= 4 is 28.9 Å². The van der Waals surface area contributed by atoms with Crippen molar-refractivity contribution in [2.75, 3.05) is 7.05 Å². The maximum absolute atomic E-state index is 10.2. The maximum Gasteiger partial charge on any atom is 0.254 e. The van der Waals surface area contributed by atoms with Crippen molar-refractivity contribution in [1.82, 2.24) is 15.7 Å². The highest BCUT2D eigenvalue weighted by Gasteiger charge is 2.39. The molecule has 0 saturated carbocycles. The summed E-state index contributed by atoms with van der Waals surface area (Å²) in [5.41, 5.74) is 2.77. The number of aliphatic imine (C=N–C) groups is 1. The highest BCUT2D eigenvalue weighted by Crippen LogP contribution is 2.46. The molecule has 1 aromatic heterocycles. The molecule has 1 aromatic rings. The number of rotatable bonds is 2. The van der Waals surface area contributed by atoms with Crippen molar-refractivity contribution in [1.29, 1.82) is 0 Å². The van der Waals surface area contributed by atoms with Crippen molar-refractivity contribution in [2.24, 2.45) is 4.99 Å². The summed E-state index contributed by atoms with van der Waals surface area (Å²) in [5, 5.41) is 12.3. The minimum Gasteiger partial charge on any atom is -0.338 e. The lowest BCUT2D eigenvalue weighted by Gasteiger charge is -2.03. The minimum atomic E-state index is -0.674. The van der Waals surface area contributed by atoms with Gasteiger partial charge in [0.15, 0.2) is 9.50 Å². The maximum atomic E-state index is 10.2. The van der Waals surface area contributed by atoms with Crippen LogP contribution in [0.25, 0.3) is 0 Å². The largest absolute Gasteiger partial charge is 0.338 e. The van der Waals surface area contributed by atoms with Gasteiger partial charge in [0.1, 0.15) is 6.04 Å². The van der Waals surface area contributed by atoms with Crippen LogP contribution in [0, 0.1) is 10.1 Å². The van der Waals surface area contributed by atoms with Gasteiger partial charge in [-0.05, 0) is 0 Å². The number of nitrogens with one attached hydrogen (secondary N) is 2. The molecule has 1 aliphatic carbocycles. The Balaban J connectivity index is 1.94. The van der Waals surface area contributed by atoms with Crippen LogP contribution in [0.3, 0.4) is 0 Å². The van der Waals surface area contributed by atoms with Crippen LogP contribution in [0.15, 0.2) is 4.99 Å². The Morgan fingerprint density at radius 3 is 3.00 bits per heavy atom. The standard InChI is InChI=1S/C6H6ClN5O2S/c1-8-6(11-12(13)14)10-3-2-4(3)15-5(7)9-2/h3H,1H3,(H2,8,10,11). The molecule has 2 rings (SSSR count). The number of hydrogen-bond acceptors (Lipinski definition) is 5. The summed E-state index contributed by atoms with van der Waals surface area (Å²) in [5.74, 6) is 0.103. The van der Waals surface area contributed by atoms with Gasteiger partial charge in [-0.2, -0.15) is 0 Å². The van der Waals surface area contributed by atoms with E-state index in [1.807, 2.05) is 5.43 Å². The number of aromatic nitrogens is 1. The molecule has 0 bridgehead atoms. The Bertz CT molecular complexity index is 423. The van der Waals surface area contributed by atoms with Crippen LogP contribution in [-0.4, -0.2) is 23.0 Å². The number of halogens is 1. The van der Waals surface area contributed by atoms with Crippen molar-refractivity contribution in [3.05, 3.63) is 25.2 Å². The zero-order chi connectivity index (χ0) is 11.0. The van der Waals surface area contributed by atoms with E-state index in [-0.39, 0.29) is 12.0 Å². The van der Waals surface area contributed by atoms with Crippen molar-refractivity contribution in [3.63, 3.8) is 0 Å². The fourth-order valence-electron chi connectivity index (χ4n) is 1.13. The van der Waals surface area contributed by atoms with Crippen LogP contribution in [0.5, 0.6) is 0 Å². The number of hydrogen-bond donors (Lipinski definition) is 2. The molecule has 1 heterocycles. The molecule has 7 nitrogen and oxygen atoms in total. The first-order valence-electron chi connectivity index (χ1n) is 3.92. The lowest BCUT2D eigenvalue weighted by molar-refractivity contribution is -0.525. The lowest BCUT2D eigenvalue weighted by atomic mass is 10.6. The fraction of sp³-hybridized carbons (Fsp3) is 0.333. The van der Waals surface area contributed by atoms with Gasteiger partial charge in [0, 0.05) is 7.05 Å². The van der Waals surface area contributed by atoms with Gasteiger partial charge in [-0.25, -0.2) is 15.1 Å². The normalized spacial score (nSPS) is 18.3. The quantitative estimate of drug-likeness (QED) is 0.345. The summed E-state index contributed by atoms with van der Waals surface area (Å²) in [6, 6.07) is -0.0800. The highest BCUT2D eigenvalue weighted by atomic mass is 35.5. The average Bonchev–Trinajstić information content (AvgIpc) is 2.61. The molecule has 80 valence electrons. The second-order valence-corrected chi connectivity index (χ2v) is 4.35. The van der Waals surface area contributed by atoms with E-state index in [2.05, 4.69) is 15.3 Å². The Hall–Kier alpha value is -1.41. The monoisotopic (exact) mass is 247 g/mol. The van der Waals surface area contributed by atoms with E-state index in [1.54, 1.807) is 0 Å². The molecule has 0 radical (unpaired) electrons. The van der Waals surface area contributed by atoms with Crippen LogP contribution in [0.4, 0.5) is 0 Å². The van der Waals surface area contributed by atoms with Crippen LogP contribution in [-0.2, 0) is 0 Å². The van der Waals surface area contributed by atoms with Gasteiger partial charge in [0.05, 0.1) is 10.6 Å². The van der Waals surface area contributed by atoms with Gasteiger partial charge in [0.2, 0.25) is 0 Å². The Labute approximate surface area is 93.3 Å². The topological polar surface area (TPSA) is 92.5 Å². The zero-order valence-corrected chi connectivity index (χ0v) is 9.09. The molecule has 0 spiro atoms. The van der Waals surface area contributed by atoms with Crippen molar-refractivity contribution < 1.29 is 5.03 Å². The SMILES string of the molecule is CN=C(NC1c2nc(Cl)sc21)N[N+](=O)[O-]. The van der Waals surface area contributed by atoms with Crippen LogP contribution in [0.2, 0.25) is 4.47 Å². The molecule has 0 fully saturated rings. The number of nitrogens with zero attached hydrogens (tertiary/aromatic N) is 3. The van der Waals surface area contributed by atoms with Gasteiger partial charge in [0.25, 0.3) is 5.96 Å². The number of fused-ring (bicyclic) bond motifs is 1. The second-order valence-electron chi connectivity index (χ2n) is 2.73. The molecule has 9 heteroatoms. The molecule has 1 atom stereocenters. The molecule has 0 saturated heterocycles. The Kier molecular flexibility index (Phi) is 2.45. The zero-order valence-electron chi connectivity index (χ0n) is 7.52. The number of hydrazine groups is 1. The van der Waals surface area contributed by atoms with Crippen LogP contribution in [0.1, 0.15) is 16.6 Å². The predicted octanol–water partition coefficient (Wildman–Crippen LogP) is 0.556. The summed E-state index contributed by atoms with van der Waals surface area (Å²) in [7, 11) is 1.45. The van der Waals surface area contributed by atoms with Gasteiger partial charge in [-0.1, -0.05) is 17.0 Å². The molecule has 0 aliphatic heterocycles. The smallest absolute Gasteiger partial charge is 0.254 e. The van der Waals surface area contributed by atoms with E-state index < -0.39 is 5.03 Å². The second kappa shape index (κ2) is 3.63. The lowest BCUT2D eigenvalue weighted by Crippen LogP contribution is -2.39. The van der Waals surface area contributed by atoms with Crippen LogP contribution < -0.4 is 10.7 Å². The van der Waals surface area contributed by atoms with Gasteiger partial charge in [-0.15, -0.1) is 11.3 Å². The van der Waals surface area contributed by atoms with Gasteiger partial charge in [-0.3, -0.25) is 4.99 Å². The van der Waals surface area contributed by atoms with E-state index in [4.69, 9.17) is 11.6 Å². The molecule has 15 heavy (non-hydrogen) atoms. The first-order chi connectivity index (χ1) is 7.11. The highest BCUT2D eigenvalue weighted by molar-refractivity contribution is 7.16. The van der Waals surface area contributed by atoms with Crippen molar-refractivity contribution in [2.45, 2.75) is 6.04 Å². The number of nitro groups is 1. The molecular formula is C6H6ClN5O2S. The summed E-state index contributed by atoms with van der Waals surface area (Å²) >= 11 is 7.00. The molecule has 2 N–H and O–H groups in total. The third-order valence-corrected chi connectivity index (χ3v) is 3.05. The number of thiazole rings is 1. The molecule has 0 amide bonds. The van der Waals surface area contributed by atoms with E-state index >= 15 is 0 Å². The Morgan fingerprint density at radius 2 is 2.53 bits per heavy atom. The van der Waals surface area contributed by atoms with E-state index in [0.29, 0.717) is 4.47 Å². The predicted molar refractivity (Wildman–Crippen MR) is 55.6 cm³/mol. The fourth-order valence-corrected chi connectivity index (χ4v) is 2.30. The van der Waals surface area contributed by atoms with E-state index in [9.17, 15) is 10.1 Å². The first kappa shape index (κ1) is 10.1. The molecular weight excluding hydrogens is 242 g/mol. The van der Waals surface area contributed by atoms with E-state index in [1.165, 1.54) is 18.4 Å². The summed E-state index contributed by atoms with van der Waals surface area (Å²) in [4.78, 5) is 18.9. The van der Waals surface area contributed by atoms with Crippen molar-refractivity contribution in [3.8, 4) is 0 Å². The third-order valence-electron chi connectivity index (χ3n) is 1.81. The summed E-state index contributed by atoms with van der Waals surface area (Å²) in [6.07, 6.45) is 0. The summed E-state index contributed by atoms with van der Waals surface area (Å²) < 4.78 is 0.482. The summed E-state index contributed by atoms with van der Waals surface area (Å²) in [6.45, 7) is 0. The van der Waals surface area contributed by atoms with Gasteiger partial charge >= 0.3 is 0 Å². The Morgan fingerprint density at radius 1 is 1.80 bits per heavy atom. The third kappa shape index (κ3) is 2.00. The van der Waals surface area contributed by atoms with Gasteiger partial charge < -0.3 is 5.32 Å². The average molecular weight is 248 g/mol. The minimum absolute atomic E-state index is 0.0800. The molecule has 1 aliphatic rings. The molecule has 1 unspecified atom stereocenters. The van der Waals surface area contributed by atoms with E-state index in [0.717, 1.165) is 10.6 Å². The molecule has 0 aromatic carbocycles. The number of guanidine groups is 1. The first-order valence-corrected chi connectivity index (χ1v) is 5.11.